The van der Waals surface area contributed by atoms with Crippen molar-refractivity contribution in [1.82, 2.24) is 5.32 Å². The van der Waals surface area contributed by atoms with Crippen molar-refractivity contribution in [2.24, 2.45) is 0 Å². The molecule has 2 aliphatic heterocycles. The van der Waals surface area contributed by atoms with Crippen LogP contribution < -0.4 is 15.1 Å². The second-order valence-electron chi connectivity index (χ2n) is 9.90. The topological polar surface area (TPSA) is 53.9 Å². The van der Waals surface area contributed by atoms with Crippen LogP contribution in [0.5, 0.6) is 0 Å². The summed E-state index contributed by atoms with van der Waals surface area (Å²) in [5.41, 5.74) is 4.58. The first-order valence-corrected chi connectivity index (χ1v) is 13.9. The van der Waals surface area contributed by atoms with Crippen LogP contribution in [0, 0.1) is 6.92 Å². The largest absolute Gasteiger partial charge is 0.346 e. The molecule has 5 nitrogen and oxygen atoms in total. The first kappa shape index (κ1) is 25.3. The molecule has 1 saturated heterocycles. The molecule has 0 aromatic heterocycles. The number of hydrogen-bond acceptors (Lipinski definition) is 3. The molecule has 0 saturated carbocycles. The van der Waals surface area contributed by atoms with Crippen LogP contribution in [0.1, 0.15) is 46.8 Å². The molecule has 1 fully saturated rings. The first-order chi connectivity index (χ1) is 18.0. The van der Waals surface area contributed by atoms with Gasteiger partial charge < -0.3 is 15.1 Å². The summed E-state index contributed by atoms with van der Waals surface area (Å²) < 4.78 is 0. The van der Waals surface area contributed by atoms with Crippen molar-refractivity contribution in [2.45, 2.75) is 44.2 Å². The van der Waals surface area contributed by atoms with Crippen molar-refractivity contribution < 1.29 is 14.5 Å². The molecule has 0 bridgehead atoms. The molecule has 3 aromatic rings. The predicted molar refractivity (Wildman–Crippen MR) is 151 cm³/mol. The van der Waals surface area contributed by atoms with E-state index in [-0.39, 0.29) is 11.8 Å². The fourth-order valence-corrected chi connectivity index (χ4v) is 6.36. The lowest BCUT2D eigenvalue weighted by Gasteiger charge is -2.31. The minimum atomic E-state index is -0.0799. The van der Waals surface area contributed by atoms with Crippen molar-refractivity contribution in [3.05, 3.63) is 100.0 Å². The summed E-state index contributed by atoms with van der Waals surface area (Å²) in [6.07, 6.45) is 4.32. The number of carbonyl (C=O) groups excluding carboxylic acids is 2. The lowest BCUT2D eigenvalue weighted by Crippen LogP contribution is -3.14. The minimum Gasteiger partial charge on any atom is -0.346 e. The molecule has 2 N–H and O–H groups in total. The normalized spacial score (nSPS) is 20.2. The van der Waals surface area contributed by atoms with Crippen LogP contribution in [0.25, 0.3) is 6.08 Å². The third-order valence-electron chi connectivity index (χ3n) is 7.30. The Balaban J connectivity index is 1.44. The zero-order valence-electron chi connectivity index (χ0n) is 21.5. The molecule has 2 unspecified atom stereocenters. The van der Waals surface area contributed by atoms with Crippen molar-refractivity contribution in [3.63, 3.8) is 0 Å². The SMILES string of the molecule is CC[NH+]1CCCC1CNC(=O)c1ccc2c(c1)N(Cc1cccc(C)c1)C(=O)C(=Cc1ccccc1)S2. The van der Waals surface area contributed by atoms with Crippen molar-refractivity contribution >= 4 is 35.3 Å². The third-order valence-corrected chi connectivity index (χ3v) is 8.38. The first-order valence-electron chi connectivity index (χ1n) is 13.1. The summed E-state index contributed by atoms with van der Waals surface area (Å²) in [5, 5.41) is 3.16. The Morgan fingerprint density at radius 2 is 1.95 bits per heavy atom. The average Bonchev–Trinajstić information content (AvgIpc) is 3.38. The molecule has 3 aromatic carbocycles. The van der Waals surface area contributed by atoms with Gasteiger partial charge >= 0.3 is 0 Å². The number of likely N-dealkylation sites (tertiary alicyclic amines) is 1. The van der Waals surface area contributed by atoms with Gasteiger partial charge in [-0.25, -0.2) is 0 Å². The third kappa shape index (κ3) is 5.81. The van der Waals surface area contributed by atoms with Crippen molar-refractivity contribution in [3.8, 4) is 0 Å². The van der Waals surface area contributed by atoms with Gasteiger partial charge in [0.05, 0.1) is 36.8 Å². The average molecular weight is 513 g/mol. The van der Waals surface area contributed by atoms with E-state index in [4.69, 9.17) is 0 Å². The summed E-state index contributed by atoms with van der Waals surface area (Å²) >= 11 is 1.47. The van der Waals surface area contributed by atoms with Gasteiger partial charge in [-0.05, 0) is 49.2 Å². The van der Waals surface area contributed by atoms with Gasteiger partial charge in [0.15, 0.2) is 0 Å². The molecule has 0 aliphatic carbocycles. The van der Waals surface area contributed by atoms with E-state index in [1.165, 1.54) is 24.7 Å². The van der Waals surface area contributed by atoms with E-state index >= 15 is 0 Å². The highest BCUT2D eigenvalue weighted by atomic mass is 32.2. The molecule has 2 amide bonds. The van der Waals surface area contributed by atoms with Crippen molar-refractivity contribution in [2.75, 3.05) is 24.5 Å². The number of carbonyl (C=O) groups is 2. The Labute approximate surface area is 223 Å². The summed E-state index contributed by atoms with van der Waals surface area (Å²) in [4.78, 5) is 31.9. The smallest absolute Gasteiger partial charge is 0.265 e. The number of nitrogens with one attached hydrogen (secondary N) is 2. The van der Waals surface area contributed by atoms with Crippen LogP contribution in [0.3, 0.4) is 0 Å². The Bertz CT molecular complexity index is 1320. The number of likely N-dealkylation sites (N-methyl/N-ethyl adjacent to an activating group) is 1. The number of benzene rings is 3. The van der Waals surface area contributed by atoms with E-state index in [1.807, 2.05) is 71.6 Å². The van der Waals surface area contributed by atoms with Gasteiger partial charge in [0, 0.05) is 23.3 Å². The second-order valence-corrected chi connectivity index (χ2v) is 11.0. The summed E-state index contributed by atoms with van der Waals surface area (Å²) in [7, 11) is 0. The number of hydrogen-bond donors (Lipinski definition) is 2. The second kappa shape index (κ2) is 11.4. The molecule has 2 heterocycles. The maximum Gasteiger partial charge on any atom is 0.265 e. The van der Waals surface area contributed by atoms with Gasteiger partial charge in [0.2, 0.25) is 0 Å². The molecule has 5 rings (SSSR count). The predicted octanol–water partition coefficient (Wildman–Crippen LogP) is 4.47. The van der Waals surface area contributed by atoms with Crippen LogP contribution in [0.4, 0.5) is 5.69 Å². The number of fused-ring (bicyclic) bond motifs is 1. The number of nitrogens with zero attached hydrogens (tertiary/aromatic N) is 1. The van der Waals surface area contributed by atoms with E-state index in [0.29, 0.717) is 29.6 Å². The number of amides is 2. The van der Waals surface area contributed by atoms with E-state index in [0.717, 1.165) is 40.2 Å². The van der Waals surface area contributed by atoms with Gasteiger partial charge in [-0.15, -0.1) is 0 Å². The highest BCUT2D eigenvalue weighted by Crippen LogP contribution is 2.43. The fourth-order valence-electron chi connectivity index (χ4n) is 5.32. The summed E-state index contributed by atoms with van der Waals surface area (Å²) in [6, 6.07) is 24.3. The van der Waals surface area contributed by atoms with Crippen molar-refractivity contribution in [1.29, 1.82) is 0 Å². The molecule has 190 valence electrons. The number of aryl methyl sites for hydroxylation is 1. The number of thioether (sulfide) groups is 1. The van der Waals surface area contributed by atoms with Gasteiger partial charge in [-0.1, -0.05) is 71.9 Å². The van der Waals surface area contributed by atoms with E-state index in [2.05, 4.69) is 31.3 Å². The Morgan fingerprint density at radius 1 is 1.11 bits per heavy atom. The Morgan fingerprint density at radius 3 is 2.73 bits per heavy atom. The van der Waals surface area contributed by atoms with Gasteiger partial charge in [-0.2, -0.15) is 0 Å². The molecular formula is C31H34N3O2S+. The van der Waals surface area contributed by atoms with Gasteiger partial charge in [0.25, 0.3) is 11.8 Å². The molecule has 2 aliphatic rings. The zero-order chi connectivity index (χ0) is 25.8. The quantitative estimate of drug-likeness (QED) is 0.459. The molecule has 6 heteroatoms. The molecule has 37 heavy (non-hydrogen) atoms. The van der Waals surface area contributed by atoms with Gasteiger partial charge in [-0.3, -0.25) is 9.59 Å². The molecule has 0 radical (unpaired) electrons. The zero-order valence-corrected chi connectivity index (χ0v) is 22.3. The van der Waals surface area contributed by atoms with E-state index in [9.17, 15) is 9.59 Å². The van der Waals surface area contributed by atoms with Crippen LogP contribution in [-0.4, -0.2) is 37.5 Å². The van der Waals surface area contributed by atoms with Gasteiger partial charge in [0.1, 0.15) is 6.04 Å². The molecular weight excluding hydrogens is 478 g/mol. The number of quaternary nitrogens is 1. The Hall–Kier alpha value is -3.35. The lowest BCUT2D eigenvalue weighted by molar-refractivity contribution is -0.909. The molecule has 0 spiro atoms. The Kier molecular flexibility index (Phi) is 7.77. The maximum absolute atomic E-state index is 13.8. The number of rotatable bonds is 7. The standard InChI is InChI=1S/C31H33N3O2S/c1-3-33-16-8-13-26(33)20-32-30(35)25-14-15-28-27(19-25)34(21-24-12-7-9-22(2)17-24)31(36)29(37-28)18-23-10-5-4-6-11-23/h4-7,9-12,14-15,17-19,26H,3,8,13,16,20-21H2,1-2H3,(H,32,35)/p+1. The highest BCUT2D eigenvalue weighted by Gasteiger charge is 2.31. The van der Waals surface area contributed by atoms with Crippen LogP contribution in [0.2, 0.25) is 0 Å². The monoisotopic (exact) mass is 512 g/mol. The fraction of sp³-hybridized carbons (Fsp3) is 0.290. The molecule has 2 atom stereocenters. The highest BCUT2D eigenvalue weighted by molar-refractivity contribution is 8.04. The van der Waals surface area contributed by atoms with Crippen LogP contribution >= 0.6 is 11.8 Å². The summed E-state index contributed by atoms with van der Waals surface area (Å²) in [5.74, 6) is -0.128. The van der Waals surface area contributed by atoms with Crippen LogP contribution in [0.15, 0.2) is 82.6 Å². The van der Waals surface area contributed by atoms with E-state index < -0.39 is 0 Å². The minimum absolute atomic E-state index is 0.0476. The maximum atomic E-state index is 13.8. The van der Waals surface area contributed by atoms with E-state index in [1.54, 1.807) is 4.90 Å². The number of anilines is 1. The lowest BCUT2D eigenvalue weighted by atomic mass is 10.1. The van der Waals surface area contributed by atoms with Crippen LogP contribution in [-0.2, 0) is 11.3 Å². The summed E-state index contributed by atoms with van der Waals surface area (Å²) in [6.45, 7) is 7.66.